The molecule has 76 valence electrons. The smallest absolute Gasteiger partial charge is 0.0277 e. The quantitative estimate of drug-likeness (QED) is 0.316. The molecule has 0 aliphatic rings. The third-order valence-electron chi connectivity index (χ3n) is 1.99. The van der Waals surface area contributed by atoms with Crippen LogP contribution in [0.4, 0.5) is 0 Å². The largest absolute Gasteiger partial charge is 0.391 e. The van der Waals surface area contributed by atoms with Gasteiger partial charge >= 0.3 is 0 Å². The highest BCUT2D eigenvalue weighted by Gasteiger charge is 2.08. The summed E-state index contributed by atoms with van der Waals surface area (Å²) < 4.78 is 0. The number of rotatable bonds is 6. The Hall–Kier alpha value is -0.870. The van der Waals surface area contributed by atoms with Crippen LogP contribution in [0.2, 0.25) is 0 Å². The van der Waals surface area contributed by atoms with Crippen LogP contribution in [0.5, 0.6) is 0 Å². The summed E-state index contributed by atoms with van der Waals surface area (Å²) in [6.45, 7) is 2.91. The Kier molecular flexibility index (Phi) is 7.24. The monoisotopic (exact) mass is 184 g/mol. The highest BCUT2D eigenvalue weighted by atomic mass is 15.2. The first-order valence-electron chi connectivity index (χ1n) is 4.53. The van der Waals surface area contributed by atoms with Gasteiger partial charge in [-0.15, -0.1) is 0 Å². The lowest BCUT2D eigenvalue weighted by Gasteiger charge is -2.17. The molecule has 0 saturated heterocycles. The normalized spacial score (nSPS) is 14.9. The van der Waals surface area contributed by atoms with Gasteiger partial charge in [-0.3, -0.25) is 16.3 Å². The maximum absolute atomic E-state index is 5.29. The summed E-state index contributed by atoms with van der Waals surface area (Å²) in [6.07, 6.45) is 4.81. The van der Waals surface area contributed by atoms with E-state index in [0.29, 0.717) is 5.92 Å². The van der Waals surface area contributed by atoms with E-state index in [1.54, 1.807) is 13.3 Å². The van der Waals surface area contributed by atoms with Gasteiger partial charge in [-0.25, -0.2) is 0 Å². The number of nitrogens with two attached hydrogens (primary N) is 1. The van der Waals surface area contributed by atoms with Crippen molar-refractivity contribution in [3.63, 3.8) is 0 Å². The van der Waals surface area contributed by atoms with Crippen LogP contribution in [0.3, 0.4) is 0 Å². The first-order chi connectivity index (χ1) is 6.29. The molecule has 0 aliphatic carbocycles. The van der Waals surface area contributed by atoms with Crippen molar-refractivity contribution in [2.24, 2.45) is 16.8 Å². The number of hydrogen-bond acceptors (Lipinski definition) is 4. The first kappa shape index (κ1) is 12.1. The van der Waals surface area contributed by atoms with Gasteiger partial charge in [0.05, 0.1) is 0 Å². The van der Waals surface area contributed by atoms with Gasteiger partial charge in [0.15, 0.2) is 0 Å². The SMILES string of the molecule is CCC(CNN)C(=CC=NC)NC. The summed E-state index contributed by atoms with van der Waals surface area (Å²) in [5.74, 6) is 5.71. The molecule has 0 heterocycles. The summed E-state index contributed by atoms with van der Waals surface area (Å²) >= 11 is 0. The zero-order valence-corrected chi connectivity index (χ0v) is 8.67. The molecule has 0 fully saturated rings. The van der Waals surface area contributed by atoms with Crippen molar-refractivity contribution in [1.29, 1.82) is 0 Å². The Morgan fingerprint density at radius 3 is 2.69 bits per heavy atom. The summed E-state index contributed by atoms with van der Waals surface area (Å²) in [4.78, 5) is 3.91. The van der Waals surface area contributed by atoms with Crippen LogP contribution in [0.25, 0.3) is 0 Å². The number of hydrazine groups is 1. The molecule has 0 aromatic rings. The van der Waals surface area contributed by atoms with Crippen molar-refractivity contribution < 1.29 is 0 Å². The molecule has 1 unspecified atom stereocenters. The van der Waals surface area contributed by atoms with E-state index in [1.165, 1.54) is 0 Å². The standard InChI is InChI=1S/C9H20N4/c1-4-8(7-13-10)9(12-3)5-6-11-2/h5-6,8,12-13H,4,7,10H2,1-3H3. The minimum absolute atomic E-state index is 0.424. The lowest BCUT2D eigenvalue weighted by Crippen LogP contribution is -2.32. The van der Waals surface area contributed by atoms with Crippen molar-refractivity contribution >= 4 is 6.21 Å². The molecule has 0 aromatic heterocycles. The molecule has 0 rings (SSSR count). The fourth-order valence-electron chi connectivity index (χ4n) is 1.19. The molecule has 0 aromatic carbocycles. The molecule has 0 spiro atoms. The Morgan fingerprint density at radius 2 is 2.31 bits per heavy atom. The third kappa shape index (κ3) is 4.65. The summed E-state index contributed by atoms with van der Waals surface area (Å²) in [6, 6.07) is 0. The van der Waals surface area contributed by atoms with Crippen molar-refractivity contribution in [1.82, 2.24) is 10.7 Å². The van der Waals surface area contributed by atoms with Gasteiger partial charge in [-0.05, 0) is 12.5 Å². The molecule has 0 bridgehead atoms. The Bertz CT molecular complexity index is 174. The summed E-state index contributed by atoms with van der Waals surface area (Å²) in [5.41, 5.74) is 3.84. The van der Waals surface area contributed by atoms with Crippen molar-refractivity contribution in [2.75, 3.05) is 20.6 Å². The van der Waals surface area contributed by atoms with Crippen LogP contribution in [0, 0.1) is 5.92 Å². The van der Waals surface area contributed by atoms with Crippen LogP contribution in [0.1, 0.15) is 13.3 Å². The second kappa shape index (κ2) is 7.76. The van der Waals surface area contributed by atoms with Gasteiger partial charge < -0.3 is 5.32 Å². The van der Waals surface area contributed by atoms with E-state index in [-0.39, 0.29) is 0 Å². The zero-order valence-electron chi connectivity index (χ0n) is 8.67. The number of nitrogens with one attached hydrogen (secondary N) is 2. The van der Waals surface area contributed by atoms with E-state index >= 15 is 0 Å². The minimum atomic E-state index is 0.424. The van der Waals surface area contributed by atoms with Crippen molar-refractivity contribution in [2.45, 2.75) is 13.3 Å². The molecular weight excluding hydrogens is 164 g/mol. The van der Waals surface area contributed by atoms with E-state index in [1.807, 2.05) is 13.1 Å². The van der Waals surface area contributed by atoms with E-state index in [4.69, 9.17) is 5.84 Å². The fraction of sp³-hybridized carbons (Fsp3) is 0.667. The van der Waals surface area contributed by atoms with Gasteiger partial charge in [0.25, 0.3) is 0 Å². The van der Waals surface area contributed by atoms with Crippen LogP contribution in [0.15, 0.2) is 16.8 Å². The fourth-order valence-corrected chi connectivity index (χ4v) is 1.19. The van der Waals surface area contributed by atoms with E-state index in [9.17, 15) is 0 Å². The van der Waals surface area contributed by atoms with Crippen LogP contribution >= 0.6 is 0 Å². The third-order valence-corrected chi connectivity index (χ3v) is 1.99. The van der Waals surface area contributed by atoms with E-state index in [2.05, 4.69) is 22.7 Å². The predicted molar refractivity (Wildman–Crippen MR) is 57.5 cm³/mol. The maximum atomic E-state index is 5.29. The average Bonchev–Trinajstić information content (AvgIpc) is 2.17. The van der Waals surface area contributed by atoms with Gasteiger partial charge in [0.1, 0.15) is 0 Å². The maximum Gasteiger partial charge on any atom is 0.0277 e. The summed E-state index contributed by atoms with van der Waals surface area (Å²) in [5, 5.41) is 3.15. The molecule has 0 amide bonds. The van der Waals surface area contributed by atoms with Gasteiger partial charge in [0, 0.05) is 38.5 Å². The molecule has 0 aliphatic heterocycles. The lowest BCUT2D eigenvalue weighted by molar-refractivity contribution is 0.511. The molecule has 0 radical (unpaired) electrons. The Morgan fingerprint density at radius 1 is 1.62 bits per heavy atom. The Balaban J connectivity index is 4.32. The molecule has 13 heavy (non-hydrogen) atoms. The topological polar surface area (TPSA) is 62.4 Å². The number of allylic oxidation sites excluding steroid dienone is 1. The second-order valence-corrected chi connectivity index (χ2v) is 2.79. The lowest BCUT2D eigenvalue weighted by atomic mass is 10.0. The molecular formula is C9H20N4. The number of aliphatic imine (C=N–C) groups is 1. The molecule has 0 saturated carbocycles. The number of nitrogens with zero attached hydrogens (tertiary/aromatic N) is 1. The minimum Gasteiger partial charge on any atom is -0.391 e. The highest BCUT2D eigenvalue weighted by molar-refractivity contribution is 5.71. The highest BCUT2D eigenvalue weighted by Crippen LogP contribution is 2.09. The van der Waals surface area contributed by atoms with Crippen LogP contribution in [-0.2, 0) is 0 Å². The van der Waals surface area contributed by atoms with Gasteiger partial charge in [0.2, 0.25) is 0 Å². The molecule has 4 heteroatoms. The van der Waals surface area contributed by atoms with E-state index in [0.717, 1.165) is 18.7 Å². The van der Waals surface area contributed by atoms with Crippen LogP contribution < -0.4 is 16.6 Å². The van der Waals surface area contributed by atoms with E-state index < -0.39 is 0 Å². The first-order valence-corrected chi connectivity index (χ1v) is 4.53. The molecule has 1 atom stereocenters. The van der Waals surface area contributed by atoms with Gasteiger partial charge in [-0.1, -0.05) is 6.92 Å². The predicted octanol–water partition coefficient (Wildman–Crippen LogP) is 0.280. The Labute approximate surface area is 80.3 Å². The molecule has 4 nitrogen and oxygen atoms in total. The second-order valence-electron chi connectivity index (χ2n) is 2.79. The summed E-state index contributed by atoms with van der Waals surface area (Å²) in [7, 11) is 3.67. The van der Waals surface area contributed by atoms with Crippen molar-refractivity contribution in [3.8, 4) is 0 Å². The average molecular weight is 184 g/mol. The van der Waals surface area contributed by atoms with Gasteiger partial charge in [-0.2, -0.15) is 0 Å². The molecule has 4 N–H and O–H groups in total. The van der Waals surface area contributed by atoms with Crippen LogP contribution in [-0.4, -0.2) is 26.9 Å². The number of hydrogen-bond donors (Lipinski definition) is 3. The van der Waals surface area contributed by atoms with Crippen molar-refractivity contribution in [3.05, 3.63) is 11.8 Å². The zero-order chi connectivity index (χ0) is 10.1.